The zero-order valence-electron chi connectivity index (χ0n) is 12.5. The van der Waals surface area contributed by atoms with Crippen molar-refractivity contribution in [3.8, 4) is 0 Å². The molecule has 2 unspecified atom stereocenters. The molecule has 0 bridgehead atoms. The van der Waals surface area contributed by atoms with Crippen LogP contribution in [-0.2, 0) is 9.59 Å². The van der Waals surface area contributed by atoms with Crippen LogP contribution in [0.4, 0.5) is 0 Å². The molecule has 114 valence electrons. The van der Waals surface area contributed by atoms with Crippen molar-refractivity contribution in [1.82, 2.24) is 14.7 Å². The van der Waals surface area contributed by atoms with E-state index in [1.807, 2.05) is 11.8 Å². The fourth-order valence-corrected chi connectivity index (χ4v) is 3.00. The SMILES string of the molecule is CC(=O)N1CCN(C(=O)CN2CCC(C(C)N)C2)CC1. The van der Waals surface area contributed by atoms with E-state index in [2.05, 4.69) is 4.90 Å². The molecule has 2 heterocycles. The van der Waals surface area contributed by atoms with Crippen molar-refractivity contribution in [2.45, 2.75) is 26.3 Å². The number of nitrogens with two attached hydrogens (primary N) is 1. The Morgan fingerprint density at radius 2 is 1.75 bits per heavy atom. The van der Waals surface area contributed by atoms with E-state index in [9.17, 15) is 9.59 Å². The third-order valence-corrected chi connectivity index (χ3v) is 4.49. The van der Waals surface area contributed by atoms with Crippen LogP contribution in [0.1, 0.15) is 20.3 Å². The molecule has 2 rings (SSSR count). The summed E-state index contributed by atoms with van der Waals surface area (Å²) in [6.07, 6.45) is 1.09. The fraction of sp³-hybridized carbons (Fsp3) is 0.857. The molecule has 0 aromatic rings. The molecule has 0 radical (unpaired) electrons. The van der Waals surface area contributed by atoms with E-state index in [1.54, 1.807) is 11.8 Å². The normalized spacial score (nSPS) is 25.9. The second-order valence-corrected chi connectivity index (χ2v) is 6.03. The molecule has 2 atom stereocenters. The zero-order chi connectivity index (χ0) is 14.7. The van der Waals surface area contributed by atoms with Crippen molar-refractivity contribution in [2.75, 3.05) is 45.8 Å². The number of hydrogen-bond donors (Lipinski definition) is 1. The van der Waals surface area contributed by atoms with Crippen LogP contribution < -0.4 is 5.73 Å². The number of nitrogens with zero attached hydrogens (tertiary/aromatic N) is 3. The van der Waals surface area contributed by atoms with Gasteiger partial charge in [0.25, 0.3) is 0 Å². The minimum Gasteiger partial charge on any atom is -0.339 e. The Morgan fingerprint density at radius 1 is 1.15 bits per heavy atom. The van der Waals surface area contributed by atoms with Gasteiger partial charge in [-0.3, -0.25) is 14.5 Å². The van der Waals surface area contributed by atoms with Gasteiger partial charge in [0.15, 0.2) is 0 Å². The third-order valence-electron chi connectivity index (χ3n) is 4.49. The molecule has 2 aliphatic heterocycles. The number of hydrogen-bond acceptors (Lipinski definition) is 4. The predicted molar refractivity (Wildman–Crippen MR) is 77.0 cm³/mol. The highest BCUT2D eigenvalue weighted by molar-refractivity contribution is 5.79. The summed E-state index contributed by atoms with van der Waals surface area (Å²) in [5, 5.41) is 0. The smallest absolute Gasteiger partial charge is 0.236 e. The quantitative estimate of drug-likeness (QED) is 0.746. The van der Waals surface area contributed by atoms with Crippen molar-refractivity contribution < 1.29 is 9.59 Å². The van der Waals surface area contributed by atoms with Gasteiger partial charge in [0.2, 0.25) is 11.8 Å². The minimum atomic E-state index is 0.0939. The lowest BCUT2D eigenvalue weighted by Crippen LogP contribution is -2.52. The maximum absolute atomic E-state index is 12.3. The number of piperazine rings is 1. The molecule has 0 aliphatic carbocycles. The van der Waals surface area contributed by atoms with E-state index < -0.39 is 0 Å². The minimum absolute atomic E-state index is 0.0939. The van der Waals surface area contributed by atoms with Gasteiger partial charge in [-0.2, -0.15) is 0 Å². The Kier molecular flexibility index (Phi) is 4.99. The molecule has 0 aromatic carbocycles. The summed E-state index contributed by atoms with van der Waals surface area (Å²) < 4.78 is 0. The lowest BCUT2D eigenvalue weighted by Gasteiger charge is -2.35. The van der Waals surface area contributed by atoms with Gasteiger partial charge in [-0.05, 0) is 25.8 Å². The molecule has 0 saturated carbocycles. The topological polar surface area (TPSA) is 69.9 Å². The second-order valence-electron chi connectivity index (χ2n) is 6.03. The van der Waals surface area contributed by atoms with Crippen LogP contribution in [-0.4, -0.2) is 78.4 Å². The highest BCUT2D eigenvalue weighted by Gasteiger charge is 2.29. The molecule has 0 aromatic heterocycles. The molecule has 2 fully saturated rings. The molecule has 20 heavy (non-hydrogen) atoms. The van der Waals surface area contributed by atoms with Crippen molar-refractivity contribution in [3.63, 3.8) is 0 Å². The number of amides is 2. The van der Waals surface area contributed by atoms with E-state index in [1.165, 1.54) is 0 Å². The molecular weight excluding hydrogens is 256 g/mol. The average Bonchev–Trinajstić information content (AvgIpc) is 2.87. The Bertz CT molecular complexity index is 364. The largest absolute Gasteiger partial charge is 0.339 e. The molecule has 2 aliphatic rings. The van der Waals surface area contributed by atoms with Crippen LogP contribution in [0.15, 0.2) is 0 Å². The van der Waals surface area contributed by atoms with Crippen LogP contribution in [0.25, 0.3) is 0 Å². The number of carbonyl (C=O) groups is 2. The van der Waals surface area contributed by atoms with Crippen LogP contribution in [0.3, 0.4) is 0 Å². The average molecular weight is 282 g/mol. The summed E-state index contributed by atoms with van der Waals surface area (Å²) in [5.74, 6) is 0.785. The Morgan fingerprint density at radius 3 is 2.25 bits per heavy atom. The number of rotatable bonds is 3. The monoisotopic (exact) mass is 282 g/mol. The standard InChI is InChI=1S/C14H26N4O2/c1-11(15)13-3-4-16(9-13)10-14(20)18-7-5-17(6-8-18)12(2)19/h11,13H,3-10,15H2,1-2H3. The van der Waals surface area contributed by atoms with Crippen LogP contribution in [0.5, 0.6) is 0 Å². The van der Waals surface area contributed by atoms with Gasteiger partial charge in [-0.1, -0.05) is 0 Å². The third kappa shape index (κ3) is 3.70. The highest BCUT2D eigenvalue weighted by atomic mass is 16.2. The Labute approximate surface area is 120 Å². The summed E-state index contributed by atoms with van der Waals surface area (Å²) >= 11 is 0. The molecule has 0 spiro atoms. The van der Waals surface area contributed by atoms with Gasteiger partial charge < -0.3 is 15.5 Å². The molecule has 6 nitrogen and oxygen atoms in total. The van der Waals surface area contributed by atoms with Gasteiger partial charge >= 0.3 is 0 Å². The summed E-state index contributed by atoms with van der Waals surface area (Å²) in [4.78, 5) is 29.4. The molecule has 2 N–H and O–H groups in total. The van der Waals surface area contributed by atoms with E-state index in [4.69, 9.17) is 5.73 Å². The van der Waals surface area contributed by atoms with Crippen LogP contribution >= 0.6 is 0 Å². The lowest BCUT2D eigenvalue weighted by molar-refractivity contribution is -0.139. The summed E-state index contributed by atoms with van der Waals surface area (Å²) in [6.45, 7) is 8.62. The first-order valence-corrected chi connectivity index (χ1v) is 7.48. The first-order chi connectivity index (χ1) is 9.47. The number of likely N-dealkylation sites (tertiary alicyclic amines) is 1. The summed E-state index contributed by atoms with van der Waals surface area (Å²) in [6, 6.07) is 0.203. The molecular formula is C14H26N4O2. The van der Waals surface area contributed by atoms with Gasteiger partial charge in [0, 0.05) is 45.7 Å². The lowest BCUT2D eigenvalue weighted by atomic mass is 10.0. The fourth-order valence-electron chi connectivity index (χ4n) is 3.00. The van der Waals surface area contributed by atoms with Gasteiger partial charge in [-0.25, -0.2) is 0 Å². The van der Waals surface area contributed by atoms with Crippen LogP contribution in [0, 0.1) is 5.92 Å². The van der Waals surface area contributed by atoms with Gasteiger partial charge in [-0.15, -0.1) is 0 Å². The highest BCUT2D eigenvalue weighted by Crippen LogP contribution is 2.18. The van der Waals surface area contributed by atoms with Crippen molar-refractivity contribution in [3.05, 3.63) is 0 Å². The van der Waals surface area contributed by atoms with Gasteiger partial charge in [0.1, 0.15) is 0 Å². The first-order valence-electron chi connectivity index (χ1n) is 7.48. The van der Waals surface area contributed by atoms with Crippen molar-refractivity contribution in [2.24, 2.45) is 11.7 Å². The van der Waals surface area contributed by atoms with Crippen LogP contribution in [0.2, 0.25) is 0 Å². The Hall–Kier alpha value is -1.14. The van der Waals surface area contributed by atoms with Crippen molar-refractivity contribution >= 4 is 11.8 Å². The molecule has 2 saturated heterocycles. The maximum atomic E-state index is 12.3. The summed E-state index contributed by atoms with van der Waals surface area (Å²) in [7, 11) is 0. The number of carbonyl (C=O) groups excluding carboxylic acids is 2. The molecule has 2 amide bonds. The zero-order valence-corrected chi connectivity index (χ0v) is 12.5. The maximum Gasteiger partial charge on any atom is 0.236 e. The second kappa shape index (κ2) is 6.54. The Balaban J connectivity index is 1.75. The van der Waals surface area contributed by atoms with Crippen molar-refractivity contribution in [1.29, 1.82) is 0 Å². The molecule has 6 heteroatoms. The van der Waals surface area contributed by atoms with E-state index >= 15 is 0 Å². The van der Waals surface area contributed by atoms with E-state index in [-0.39, 0.29) is 17.9 Å². The van der Waals surface area contributed by atoms with E-state index in [0.717, 1.165) is 19.5 Å². The summed E-state index contributed by atoms with van der Waals surface area (Å²) in [5.41, 5.74) is 5.92. The first kappa shape index (κ1) is 15.3. The predicted octanol–water partition coefficient (Wildman–Crippen LogP) is -0.654. The van der Waals surface area contributed by atoms with E-state index in [0.29, 0.717) is 38.6 Å². The van der Waals surface area contributed by atoms with Gasteiger partial charge in [0.05, 0.1) is 6.54 Å².